The van der Waals surface area contributed by atoms with Gasteiger partial charge in [-0.25, -0.2) is 10.2 Å². The van der Waals surface area contributed by atoms with E-state index in [0.29, 0.717) is 23.5 Å². The summed E-state index contributed by atoms with van der Waals surface area (Å²) in [5, 5.41) is 3.93. The molecule has 3 aromatic carbocycles. The first kappa shape index (κ1) is 22.5. The van der Waals surface area contributed by atoms with Crippen molar-refractivity contribution in [2.45, 2.75) is 13.3 Å². The van der Waals surface area contributed by atoms with Crippen molar-refractivity contribution in [3.8, 4) is 11.5 Å². The zero-order valence-corrected chi connectivity index (χ0v) is 17.8. The summed E-state index contributed by atoms with van der Waals surface area (Å²) in [6.45, 7) is 5.48. The highest BCUT2D eigenvalue weighted by molar-refractivity contribution is 5.91. The SMILES string of the molecule is C=CCc1ccccc1OCC(=O)NN=Cc1ccc(OC(=O)c2cccc(C)c2)cc1. The van der Waals surface area contributed by atoms with E-state index >= 15 is 0 Å². The molecule has 0 aliphatic carbocycles. The maximum absolute atomic E-state index is 12.2. The molecule has 0 aliphatic heterocycles. The quantitative estimate of drug-likeness (QED) is 0.179. The molecule has 3 aromatic rings. The number of aryl methyl sites for hydroxylation is 1. The molecule has 0 unspecified atom stereocenters. The zero-order chi connectivity index (χ0) is 22.8. The number of allylic oxidation sites excluding steroid dienone is 1. The summed E-state index contributed by atoms with van der Waals surface area (Å²) >= 11 is 0. The molecular formula is C26H24N2O4. The van der Waals surface area contributed by atoms with Gasteiger partial charge in [0.1, 0.15) is 11.5 Å². The molecule has 0 saturated heterocycles. The summed E-state index contributed by atoms with van der Waals surface area (Å²) < 4.78 is 10.9. The molecule has 3 rings (SSSR count). The highest BCUT2D eigenvalue weighted by atomic mass is 16.5. The zero-order valence-electron chi connectivity index (χ0n) is 17.8. The van der Waals surface area contributed by atoms with Crippen molar-refractivity contribution >= 4 is 18.1 Å². The number of ether oxygens (including phenoxy) is 2. The van der Waals surface area contributed by atoms with Crippen molar-refractivity contribution in [1.82, 2.24) is 5.43 Å². The predicted octanol–water partition coefficient (Wildman–Crippen LogP) is 4.47. The normalized spacial score (nSPS) is 10.5. The third-order valence-corrected chi connectivity index (χ3v) is 4.44. The van der Waals surface area contributed by atoms with E-state index in [1.165, 1.54) is 6.21 Å². The van der Waals surface area contributed by atoms with E-state index in [-0.39, 0.29) is 12.5 Å². The second-order valence-electron chi connectivity index (χ2n) is 7.01. The molecule has 0 heterocycles. The monoisotopic (exact) mass is 428 g/mol. The molecular weight excluding hydrogens is 404 g/mol. The molecule has 0 atom stereocenters. The van der Waals surface area contributed by atoms with Crippen LogP contribution in [0.4, 0.5) is 0 Å². The third kappa shape index (κ3) is 6.67. The fourth-order valence-electron chi connectivity index (χ4n) is 2.88. The number of carbonyl (C=O) groups excluding carboxylic acids is 2. The van der Waals surface area contributed by atoms with Crippen LogP contribution in [0.2, 0.25) is 0 Å². The Morgan fingerprint density at radius 1 is 1.03 bits per heavy atom. The highest BCUT2D eigenvalue weighted by Crippen LogP contribution is 2.18. The summed E-state index contributed by atoms with van der Waals surface area (Å²) in [5.74, 6) is 0.266. The predicted molar refractivity (Wildman–Crippen MR) is 124 cm³/mol. The number of carbonyl (C=O) groups is 2. The molecule has 0 spiro atoms. The van der Waals surface area contributed by atoms with Gasteiger partial charge in [0.2, 0.25) is 0 Å². The van der Waals surface area contributed by atoms with Gasteiger partial charge < -0.3 is 9.47 Å². The standard InChI is InChI=1S/C26H24N2O4/c1-3-7-21-9-4-5-11-24(21)31-18-25(29)28-27-17-20-12-14-23(15-13-20)32-26(30)22-10-6-8-19(2)16-22/h3-6,8-17H,1,7,18H2,2H3,(H,28,29). The van der Waals surface area contributed by atoms with E-state index in [1.54, 1.807) is 42.5 Å². The Morgan fingerprint density at radius 2 is 1.81 bits per heavy atom. The van der Waals surface area contributed by atoms with Gasteiger partial charge in [-0.2, -0.15) is 5.10 Å². The summed E-state index contributed by atoms with van der Waals surface area (Å²) in [5.41, 5.74) is 5.60. The van der Waals surface area contributed by atoms with E-state index in [9.17, 15) is 9.59 Å². The molecule has 1 amide bonds. The first-order valence-corrected chi connectivity index (χ1v) is 10.1. The molecule has 6 nitrogen and oxygen atoms in total. The van der Waals surface area contributed by atoms with Gasteiger partial charge in [-0.3, -0.25) is 4.79 Å². The lowest BCUT2D eigenvalue weighted by molar-refractivity contribution is -0.123. The number of rotatable bonds is 9. The van der Waals surface area contributed by atoms with Crippen molar-refractivity contribution in [3.63, 3.8) is 0 Å². The minimum absolute atomic E-state index is 0.153. The maximum atomic E-state index is 12.2. The van der Waals surface area contributed by atoms with Gasteiger partial charge in [0.15, 0.2) is 6.61 Å². The van der Waals surface area contributed by atoms with E-state index in [2.05, 4.69) is 17.1 Å². The van der Waals surface area contributed by atoms with Crippen LogP contribution in [-0.4, -0.2) is 24.7 Å². The number of nitrogens with zero attached hydrogens (tertiary/aromatic N) is 1. The van der Waals surface area contributed by atoms with Crippen LogP contribution in [-0.2, 0) is 11.2 Å². The van der Waals surface area contributed by atoms with Gasteiger partial charge in [-0.1, -0.05) is 42.0 Å². The number of para-hydroxylation sites is 1. The maximum Gasteiger partial charge on any atom is 0.343 e. The highest BCUT2D eigenvalue weighted by Gasteiger charge is 2.08. The molecule has 6 heteroatoms. The van der Waals surface area contributed by atoms with Gasteiger partial charge in [-0.05, 0) is 66.9 Å². The van der Waals surface area contributed by atoms with Crippen LogP contribution in [0.3, 0.4) is 0 Å². The number of benzene rings is 3. The van der Waals surface area contributed by atoms with Crippen molar-refractivity contribution in [2.24, 2.45) is 5.10 Å². The molecule has 0 aliphatic rings. The Balaban J connectivity index is 1.48. The van der Waals surface area contributed by atoms with Crippen LogP contribution in [0.5, 0.6) is 11.5 Å². The molecule has 32 heavy (non-hydrogen) atoms. The van der Waals surface area contributed by atoms with E-state index in [1.807, 2.05) is 43.3 Å². The summed E-state index contributed by atoms with van der Waals surface area (Å²) in [4.78, 5) is 24.2. The van der Waals surface area contributed by atoms with Crippen LogP contribution < -0.4 is 14.9 Å². The Labute approximate surface area is 187 Å². The first-order chi connectivity index (χ1) is 15.5. The lowest BCUT2D eigenvalue weighted by Crippen LogP contribution is -2.24. The first-order valence-electron chi connectivity index (χ1n) is 10.1. The molecule has 162 valence electrons. The number of hydrazone groups is 1. The molecule has 0 fully saturated rings. The van der Waals surface area contributed by atoms with E-state index in [4.69, 9.17) is 9.47 Å². The molecule has 1 N–H and O–H groups in total. The Bertz CT molecular complexity index is 1120. The fourth-order valence-corrected chi connectivity index (χ4v) is 2.88. The average molecular weight is 428 g/mol. The number of amides is 1. The number of nitrogens with one attached hydrogen (secondary N) is 1. The van der Waals surface area contributed by atoms with Crippen LogP contribution in [0, 0.1) is 6.92 Å². The summed E-state index contributed by atoms with van der Waals surface area (Å²) in [7, 11) is 0. The number of hydrogen-bond acceptors (Lipinski definition) is 5. The van der Waals surface area contributed by atoms with Crippen molar-refractivity contribution in [1.29, 1.82) is 0 Å². The topological polar surface area (TPSA) is 77.0 Å². The Morgan fingerprint density at radius 3 is 2.56 bits per heavy atom. The lowest BCUT2D eigenvalue weighted by Gasteiger charge is -2.09. The van der Waals surface area contributed by atoms with Crippen molar-refractivity contribution < 1.29 is 19.1 Å². The largest absolute Gasteiger partial charge is 0.483 e. The third-order valence-electron chi connectivity index (χ3n) is 4.44. The lowest BCUT2D eigenvalue weighted by atomic mass is 10.1. The molecule has 0 saturated carbocycles. The number of esters is 1. The van der Waals surface area contributed by atoms with Gasteiger partial charge in [0.05, 0.1) is 11.8 Å². The van der Waals surface area contributed by atoms with E-state index < -0.39 is 5.97 Å². The van der Waals surface area contributed by atoms with Crippen LogP contribution >= 0.6 is 0 Å². The van der Waals surface area contributed by atoms with Crippen LogP contribution in [0.25, 0.3) is 0 Å². The molecule has 0 radical (unpaired) electrons. The minimum atomic E-state index is -0.419. The van der Waals surface area contributed by atoms with Crippen LogP contribution in [0.1, 0.15) is 27.0 Å². The average Bonchev–Trinajstić information content (AvgIpc) is 2.80. The van der Waals surface area contributed by atoms with Gasteiger partial charge in [0.25, 0.3) is 5.91 Å². The second-order valence-corrected chi connectivity index (χ2v) is 7.01. The van der Waals surface area contributed by atoms with Gasteiger partial charge >= 0.3 is 5.97 Å². The van der Waals surface area contributed by atoms with Crippen molar-refractivity contribution in [2.75, 3.05) is 6.61 Å². The van der Waals surface area contributed by atoms with E-state index in [0.717, 1.165) is 16.7 Å². The molecule has 0 bridgehead atoms. The number of hydrogen-bond donors (Lipinski definition) is 1. The van der Waals surface area contributed by atoms with Crippen molar-refractivity contribution in [3.05, 3.63) is 108 Å². The second kappa shape index (κ2) is 11.3. The fraction of sp³-hybridized carbons (Fsp3) is 0.115. The molecule has 0 aromatic heterocycles. The summed E-state index contributed by atoms with van der Waals surface area (Å²) in [6, 6.07) is 21.5. The van der Waals surface area contributed by atoms with Gasteiger partial charge in [0, 0.05) is 0 Å². The minimum Gasteiger partial charge on any atom is -0.483 e. The smallest absolute Gasteiger partial charge is 0.343 e. The Hall–Kier alpha value is -4.19. The van der Waals surface area contributed by atoms with Gasteiger partial charge in [-0.15, -0.1) is 6.58 Å². The van der Waals surface area contributed by atoms with Crippen LogP contribution in [0.15, 0.2) is 90.6 Å². The summed E-state index contributed by atoms with van der Waals surface area (Å²) in [6.07, 6.45) is 3.93. The Kier molecular flexibility index (Phi) is 7.92.